The van der Waals surface area contributed by atoms with E-state index in [9.17, 15) is 9.59 Å². The zero-order valence-electron chi connectivity index (χ0n) is 14.9. The maximum atomic E-state index is 12.9. The van der Waals surface area contributed by atoms with Crippen LogP contribution in [0.15, 0.2) is 34.9 Å². The summed E-state index contributed by atoms with van der Waals surface area (Å²) in [7, 11) is 0. The molecule has 2 aromatic rings. The minimum absolute atomic E-state index is 0.0353. The molecule has 0 bridgehead atoms. The van der Waals surface area contributed by atoms with Crippen LogP contribution in [0.25, 0.3) is 0 Å². The molecule has 6 nitrogen and oxygen atoms in total. The van der Waals surface area contributed by atoms with Gasteiger partial charge in [-0.15, -0.1) is 0 Å². The Labute approximate surface area is 166 Å². The number of benzene rings is 1. The predicted molar refractivity (Wildman–Crippen MR) is 103 cm³/mol. The molecule has 1 saturated carbocycles. The largest absolute Gasteiger partial charge is 0.351 e. The number of carbonyl (C=O) groups is 2. The highest BCUT2D eigenvalue weighted by Gasteiger charge is 2.51. The Hall–Kier alpha value is -2.15. The van der Waals surface area contributed by atoms with Gasteiger partial charge in [0.1, 0.15) is 0 Å². The summed E-state index contributed by atoms with van der Waals surface area (Å²) in [5, 5.41) is 7.39. The van der Waals surface area contributed by atoms with E-state index in [1.54, 1.807) is 11.1 Å². The van der Waals surface area contributed by atoms with Crippen LogP contribution in [0.5, 0.6) is 0 Å². The van der Waals surface area contributed by atoms with Crippen LogP contribution < -0.4 is 5.32 Å². The number of carbonyl (C=O) groups excluding carboxylic acids is 2. The van der Waals surface area contributed by atoms with E-state index in [4.69, 9.17) is 0 Å². The molecule has 0 radical (unpaired) electrons. The van der Waals surface area contributed by atoms with Crippen molar-refractivity contribution in [1.82, 2.24) is 20.0 Å². The van der Waals surface area contributed by atoms with Gasteiger partial charge in [0, 0.05) is 52.9 Å². The van der Waals surface area contributed by atoms with Gasteiger partial charge >= 0.3 is 0 Å². The lowest BCUT2D eigenvalue weighted by Gasteiger charge is -2.35. The minimum Gasteiger partial charge on any atom is -0.351 e. The van der Waals surface area contributed by atoms with E-state index in [0.29, 0.717) is 6.54 Å². The number of hydrogen-bond donors (Lipinski definition) is 1. The van der Waals surface area contributed by atoms with Crippen LogP contribution in [0.3, 0.4) is 0 Å². The summed E-state index contributed by atoms with van der Waals surface area (Å²) in [4.78, 5) is 27.3. The molecular formula is C20H21BrN4O2. The fourth-order valence-corrected chi connectivity index (χ4v) is 4.84. The Bertz CT molecular complexity index is 934. The SMILES string of the molecule is O=C(CN1CC2(CC2)c2cc(Br)ccc2C1=O)N[C@H]1CCn2nccc2C1. The average molecular weight is 429 g/mol. The van der Waals surface area contributed by atoms with Crippen LogP contribution in [0.2, 0.25) is 0 Å². The summed E-state index contributed by atoms with van der Waals surface area (Å²) < 4.78 is 2.99. The predicted octanol–water partition coefficient (Wildman–Crippen LogP) is 2.26. The van der Waals surface area contributed by atoms with Crippen molar-refractivity contribution in [2.75, 3.05) is 13.1 Å². The number of nitrogens with one attached hydrogen (secondary N) is 1. The molecule has 1 aromatic heterocycles. The molecule has 0 unspecified atom stereocenters. The van der Waals surface area contributed by atoms with E-state index in [1.165, 1.54) is 0 Å². The van der Waals surface area contributed by atoms with Gasteiger partial charge in [-0.05, 0) is 49.1 Å². The first-order valence-electron chi connectivity index (χ1n) is 9.43. The molecule has 1 aromatic carbocycles. The summed E-state index contributed by atoms with van der Waals surface area (Å²) in [6, 6.07) is 7.97. The summed E-state index contributed by atoms with van der Waals surface area (Å²) in [6.45, 7) is 1.59. The zero-order chi connectivity index (χ0) is 18.6. The number of rotatable bonds is 3. The normalized spacial score (nSPS) is 22.3. The van der Waals surface area contributed by atoms with Gasteiger partial charge in [0.15, 0.2) is 0 Å². The van der Waals surface area contributed by atoms with E-state index < -0.39 is 0 Å². The summed E-state index contributed by atoms with van der Waals surface area (Å²) in [5.41, 5.74) is 3.08. The molecule has 0 saturated heterocycles. The lowest BCUT2D eigenvalue weighted by molar-refractivity contribution is -0.122. The first-order chi connectivity index (χ1) is 13.0. The van der Waals surface area contributed by atoms with E-state index in [1.807, 2.05) is 22.9 Å². The van der Waals surface area contributed by atoms with Crippen molar-refractivity contribution in [2.24, 2.45) is 0 Å². The Morgan fingerprint density at radius 3 is 3.00 bits per heavy atom. The van der Waals surface area contributed by atoms with E-state index >= 15 is 0 Å². The quantitative estimate of drug-likeness (QED) is 0.814. The first-order valence-corrected chi connectivity index (χ1v) is 10.2. The van der Waals surface area contributed by atoms with Crippen LogP contribution in [-0.2, 0) is 23.2 Å². The second-order valence-electron chi connectivity index (χ2n) is 7.93. The fourth-order valence-electron chi connectivity index (χ4n) is 4.48. The van der Waals surface area contributed by atoms with Gasteiger partial charge in [-0.25, -0.2) is 0 Å². The maximum absolute atomic E-state index is 12.9. The van der Waals surface area contributed by atoms with Crippen molar-refractivity contribution in [3.63, 3.8) is 0 Å². The number of halogens is 1. The Morgan fingerprint density at radius 1 is 1.33 bits per heavy atom. The topological polar surface area (TPSA) is 67.2 Å². The van der Waals surface area contributed by atoms with Crippen LogP contribution in [-0.4, -0.2) is 45.6 Å². The lowest BCUT2D eigenvalue weighted by Crippen LogP contribution is -2.50. The highest BCUT2D eigenvalue weighted by atomic mass is 79.9. The highest BCUT2D eigenvalue weighted by Crippen LogP contribution is 2.52. The van der Waals surface area contributed by atoms with E-state index in [-0.39, 0.29) is 29.8 Å². The highest BCUT2D eigenvalue weighted by molar-refractivity contribution is 9.10. The molecule has 27 heavy (non-hydrogen) atoms. The van der Waals surface area contributed by atoms with E-state index in [0.717, 1.165) is 53.5 Å². The monoisotopic (exact) mass is 428 g/mol. The number of aryl methyl sites for hydroxylation is 1. The third-order valence-corrected chi connectivity index (χ3v) is 6.56. The fraction of sp³-hybridized carbons (Fsp3) is 0.450. The van der Waals surface area contributed by atoms with Crippen molar-refractivity contribution in [3.05, 3.63) is 51.8 Å². The van der Waals surface area contributed by atoms with Gasteiger partial charge in [0.05, 0.1) is 6.54 Å². The molecule has 1 N–H and O–H groups in total. The molecule has 7 heteroatoms. The third kappa shape index (κ3) is 2.98. The van der Waals surface area contributed by atoms with Crippen molar-refractivity contribution in [3.8, 4) is 0 Å². The van der Waals surface area contributed by atoms with Crippen LogP contribution in [0, 0.1) is 0 Å². The second-order valence-corrected chi connectivity index (χ2v) is 8.85. The Morgan fingerprint density at radius 2 is 2.19 bits per heavy atom. The molecule has 5 rings (SSSR count). The standard InChI is InChI=1S/C20H21BrN4O2/c21-13-1-2-16-17(9-13)20(5-6-20)12-24(19(16)27)11-18(26)23-14-4-8-25-15(10-14)3-7-22-25/h1-3,7,9,14H,4-6,8,10-12H2,(H,23,26)/t14-/m0/s1. The van der Waals surface area contributed by atoms with Crippen molar-refractivity contribution < 1.29 is 9.59 Å². The zero-order valence-corrected chi connectivity index (χ0v) is 16.5. The van der Waals surface area contributed by atoms with Crippen LogP contribution >= 0.6 is 15.9 Å². The van der Waals surface area contributed by atoms with Gasteiger partial charge in [-0.3, -0.25) is 14.3 Å². The Balaban J connectivity index is 1.28. The second kappa shape index (κ2) is 6.19. The lowest BCUT2D eigenvalue weighted by atomic mass is 9.86. The van der Waals surface area contributed by atoms with Crippen LogP contribution in [0.4, 0.5) is 0 Å². The smallest absolute Gasteiger partial charge is 0.254 e. The number of amides is 2. The van der Waals surface area contributed by atoms with Crippen LogP contribution in [0.1, 0.15) is 40.9 Å². The summed E-state index contributed by atoms with van der Waals surface area (Å²) in [6.07, 6.45) is 5.62. The number of fused-ring (bicyclic) bond motifs is 3. The summed E-state index contributed by atoms with van der Waals surface area (Å²) in [5.74, 6) is -0.107. The van der Waals surface area contributed by atoms with Gasteiger partial charge in [-0.2, -0.15) is 5.10 Å². The van der Waals surface area contributed by atoms with E-state index in [2.05, 4.69) is 32.4 Å². The van der Waals surface area contributed by atoms with Crippen molar-refractivity contribution in [2.45, 2.75) is 43.7 Å². The van der Waals surface area contributed by atoms with Crippen molar-refractivity contribution >= 4 is 27.7 Å². The first kappa shape index (κ1) is 17.0. The van der Waals surface area contributed by atoms with Gasteiger partial charge < -0.3 is 10.2 Å². The average Bonchev–Trinajstić information content (AvgIpc) is 3.26. The number of hydrogen-bond acceptors (Lipinski definition) is 3. The molecule has 1 spiro atoms. The molecular weight excluding hydrogens is 408 g/mol. The molecule has 1 atom stereocenters. The van der Waals surface area contributed by atoms with Gasteiger partial charge in [-0.1, -0.05) is 15.9 Å². The van der Waals surface area contributed by atoms with Gasteiger partial charge in [0.2, 0.25) is 5.91 Å². The van der Waals surface area contributed by atoms with Crippen molar-refractivity contribution in [1.29, 1.82) is 0 Å². The molecule has 140 valence electrons. The molecule has 3 aliphatic rings. The molecule has 1 aliphatic carbocycles. The summed E-state index contributed by atoms with van der Waals surface area (Å²) >= 11 is 3.51. The molecule has 2 amide bonds. The third-order valence-electron chi connectivity index (χ3n) is 6.07. The number of aromatic nitrogens is 2. The molecule has 2 aliphatic heterocycles. The van der Waals surface area contributed by atoms with Gasteiger partial charge in [0.25, 0.3) is 5.91 Å². The molecule has 1 fully saturated rings. The molecule has 3 heterocycles. The number of nitrogens with zero attached hydrogens (tertiary/aromatic N) is 3. The maximum Gasteiger partial charge on any atom is 0.254 e. The Kier molecular flexibility index (Phi) is 3.89. The minimum atomic E-state index is -0.0716.